The van der Waals surface area contributed by atoms with E-state index >= 15 is 0 Å². The predicted molar refractivity (Wildman–Crippen MR) is 68.1 cm³/mol. The van der Waals surface area contributed by atoms with E-state index < -0.39 is 0 Å². The number of hydrogen-bond donors (Lipinski definition) is 1. The average molecular weight is 225 g/mol. The summed E-state index contributed by atoms with van der Waals surface area (Å²) in [6, 6.07) is 17.9. The maximum Gasteiger partial charge on any atom is 0.127 e. The number of nitrogens with two attached hydrogens (primary N) is 1. The molecule has 0 atom stereocenters. The number of hydrogen-bond acceptors (Lipinski definition) is 2. The summed E-state index contributed by atoms with van der Waals surface area (Å²) in [5, 5.41) is 0. The van der Waals surface area contributed by atoms with Crippen LogP contribution >= 0.6 is 0 Å². The number of benzene rings is 2. The zero-order chi connectivity index (χ0) is 11.7. The molecule has 86 valence electrons. The number of ether oxygens (including phenoxy) is 1. The Kier molecular flexibility index (Phi) is 2.37. The molecule has 0 unspecified atom stereocenters. The molecule has 0 bridgehead atoms. The molecule has 0 amide bonds. The van der Waals surface area contributed by atoms with Crippen molar-refractivity contribution in [2.45, 2.75) is 18.4 Å². The standard InChI is InChI=1S/C15H15NO/c16-15(10-11-15)12-6-8-14(9-7-12)17-13-4-2-1-3-5-13/h1-9H,10-11,16H2. The monoisotopic (exact) mass is 225 g/mol. The molecular weight excluding hydrogens is 210 g/mol. The summed E-state index contributed by atoms with van der Waals surface area (Å²) in [7, 11) is 0. The van der Waals surface area contributed by atoms with E-state index in [1.165, 1.54) is 5.56 Å². The van der Waals surface area contributed by atoms with Crippen molar-refractivity contribution in [3.63, 3.8) is 0 Å². The Bertz CT molecular complexity index is 500. The van der Waals surface area contributed by atoms with Crippen molar-refractivity contribution >= 4 is 0 Å². The molecule has 0 saturated heterocycles. The summed E-state index contributed by atoms with van der Waals surface area (Å²) in [4.78, 5) is 0. The lowest BCUT2D eigenvalue weighted by Crippen LogP contribution is -2.18. The Hall–Kier alpha value is -1.80. The Balaban J connectivity index is 1.77. The van der Waals surface area contributed by atoms with Crippen molar-refractivity contribution in [3.05, 3.63) is 60.2 Å². The topological polar surface area (TPSA) is 35.2 Å². The van der Waals surface area contributed by atoms with Gasteiger partial charge in [0.05, 0.1) is 0 Å². The maximum absolute atomic E-state index is 6.13. The van der Waals surface area contributed by atoms with Crippen molar-refractivity contribution in [2.24, 2.45) is 5.73 Å². The highest BCUT2D eigenvalue weighted by Crippen LogP contribution is 2.43. The Morgan fingerprint density at radius 1 is 0.824 bits per heavy atom. The van der Waals surface area contributed by atoms with Gasteiger partial charge in [-0.2, -0.15) is 0 Å². The van der Waals surface area contributed by atoms with Crippen LogP contribution in [0.4, 0.5) is 0 Å². The molecule has 0 spiro atoms. The molecule has 1 aliphatic rings. The summed E-state index contributed by atoms with van der Waals surface area (Å²) in [5.41, 5.74) is 7.27. The SMILES string of the molecule is NC1(c2ccc(Oc3ccccc3)cc2)CC1. The van der Waals surface area contributed by atoms with Gasteiger partial charge in [-0.05, 0) is 42.7 Å². The smallest absolute Gasteiger partial charge is 0.127 e. The van der Waals surface area contributed by atoms with Gasteiger partial charge in [0.2, 0.25) is 0 Å². The first-order chi connectivity index (χ1) is 8.26. The minimum atomic E-state index is -0.0642. The van der Waals surface area contributed by atoms with Crippen LogP contribution in [0, 0.1) is 0 Å². The van der Waals surface area contributed by atoms with Crippen LogP contribution in [0.3, 0.4) is 0 Å². The molecular formula is C15H15NO. The molecule has 1 aliphatic carbocycles. The van der Waals surface area contributed by atoms with Crippen LogP contribution in [-0.4, -0.2) is 0 Å². The normalized spacial score (nSPS) is 16.5. The van der Waals surface area contributed by atoms with Gasteiger partial charge >= 0.3 is 0 Å². The van der Waals surface area contributed by atoms with Crippen LogP contribution in [0.15, 0.2) is 54.6 Å². The first kappa shape index (κ1) is 10.4. The van der Waals surface area contributed by atoms with E-state index in [-0.39, 0.29) is 5.54 Å². The molecule has 0 heterocycles. The molecule has 1 fully saturated rings. The minimum absolute atomic E-state index is 0.0642. The third-order valence-corrected chi connectivity index (χ3v) is 3.20. The Morgan fingerprint density at radius 3 is 2.00 bits per heavy atom. The van der Waals surface area contributed by atoms with Crippen LogP contribution < -0.4 is 10.5 Å². The third kappa shape index (κ3) is 2.17. The van der Waals surface area contributed by atoms with Crippen LogP contribution in [0.5, 0.6) is 11.5 Å². The van der Waals surface area contributed by atoms with Gasteiger partial charge in [-0.1, -0.05) is 30.3 Å². The van der Waals surface area contributed by atoms with Crippen molar-refractivity contribution < 1.29 is 4.74 Å². The molecule has 2 aromatic carbocycles. The van der Waals surface area contributed by atoms with Crippen molar-refractivity contribution in [2.75, 3.05) is 0 Å². The zero-order valence-electron chi connectivity index (χ0n) is 9.60. The first-order valence-corrected chi connectivity index (χ1v) is 5.89. The molecule has 3 rings (SSSR count). The summed E-state index contributed by atoms with van der Waals surface area (Å²) >= 11 is 0. The van der Waals surface area contributed by atoms with Gasteiger partial charge in [-0.25, -0.2) is 0 Å². The summed E-state index contributed by atoms with van der Waals surface area (Å²) in [6.45, 7) is 0. The first-order valence-electron chi connectivity index (χ1n) is 5.89. The van der Waals surface area contributed by atoms with Crippen molar-refractivity contribution in [1.82, 2.24) is 0 Å². The quantitative estimate of drug-likeness (QED) is 0.868. The van der Waals surface area contributed by atoms with Crippen molar-refractivity contribution in [3.8, 4) is 11.5 Å². The third-order valence-electron chi connectivity index (χ3n) is 3.20. The second-order valence-corrected chi connectivity index (χ2v) is 4.60. The van der Waals surface area contributed by atoms with Crippen LogP contribution in [0.2, 0.25) is 0 Å². The van der Waals surface area contributed by atoms with Gasteiger partial charge < -0.3 is 10.5 Å². The fraction of sp³-hybridized carbons (Fsp3) is 0.200. The molecule has 2 heteroatoms. The molecule has 2 aromatic rings. The highest BCUT2D eigenvalue weighted by Gasteiger charge is 2.39. The van der Waals surface area contributed by atoms with Gasteiger partial charge in [0.15, 0.2) is 0 Å². The van der Waals surface area contributed by atoms with E-state index in [0.717, 1.165) is 24.3 Å². The lowest BCUT2D eigenvalue weighted by atomic mass is 10.1. The van der Waals surface area contributed by atoms with Gasteiger partial charge in [0.1, 0.15) is 11.5 Å². The van der Waals surface area contributed by atoms with Crippen LogP contribution in [-0.2, 0) is 5.54 Å². The lowest BCUT2D eigenvalue weighted by Gasteiger charge is -2.10. The van der Waals surface area contributed by atoms with E-state index in [4.69, 9.17) is 10.5 Å². The minimum Gasteiger partial charge on any atom is -0.457 e. The lowest BCUT2D eigenvalue weighted by molar-refractivity contribution is 0.482. The second-order valence-electron chi connectivity index (χ2n) is 4.60. The van der Waals surface area contributed by atoms with E-state index in [1.54, 1.807) is 0 Å². The summed E-state index contributed by atoms with van der Waals surface area (Å²) < 4.78 is 5.73. The van der Waals surface area contributed by atoms with Gasteiger partial charge in [-0.3, -0.25) is 0 Å². The van der Waals surface area contributed by atoms with Crippen LogP contribution in [0.1, 0.15) is 18.4 Å². The molecule has 2 nitrogen and oxygen atoms in total. The van der Waals surface area contributed by atoms with Gasteiger partial charge in [0, 0.05) is 5.54 Å². The van der Waals surface area contributed by atoms with E-state index in [1.807, 2.05) is 42.5 Å². The molecule has 0 aliphatic heterocycles. The zero-order valence-corrected chi connectivity index (χ0v) is 9.60. The molecule has 0 radical (unpaired) electrons. The van der Waals surface area contributed by atoms with Gasteiger partial charge in [0.25, 0.3) is 0 Å². The number of rotatable bonds is 3. The predicted octanol–water partition coefficient (Wildman–Crippen LogP) is 3.43. The second kappa shape index (κ2) is 3.90. The fourth-order valence-electron chi connectivity index (χ4n) is 1.90. The van der Waals surface area contributed by atoms with E-state index in [2.05, 4.69) is 12.1 Å². The van der Waals surface area contributed by atoms with Crippen LogP contribution in [0.25, 0.3) is 0 Å². The van der Waals surface area contributed by atoms with E-state index in [0.29, 0.717) is 0 Å². The largest absolute Gasteiger partial charge is 0.457 e. The van der Waals surface area contributed by atoms with E-state index in [9.17, 15) is 0 Å². The summed E-state index contributed by atoms with van der Waals surface area (Å²) in [5.74, 6) is 1.71. The number of para-hydroxylation sites is 1. The molecule has 0 aromatic heterocycles. The summed E-state index contributed by atoms with van der Waals surface area (Å²) in [6.07, 6.45) is 2.18. The van der Waals surface area contributed by atoms with Gasteiger partial charge in [-0.15, -0.1) is 0 Å². The highest BCUT2D eigenvalue weighted by molar-refractivity contribution is 5.37. The molecule has 1 saturated carbocycles. The average Bonchev–Trinajstić information content (AvgIpc) is 3.11. The fourth-order valence-corrected chi connectivity index (χ4v) is 1.90. The maximum atomic E-state index is 6.13. The Morgan fingerprint density at radius 2 is 1.41 bits per heavy atom. The molecule has 2 N–H and O–H groups in total. The highest BCUT2D eigenvalue weighted by atomic mass is 16.5. The molecule has 17 heavy (non-hydrogen) atoms. The van der Waals surface area contributed by atoms with Crippen molar-refractivity contribution in [1.29, 1.82) is 0 Å². The Labute approximate surface area is 101 Å².